The van der Waals surface area contributed by atoms with Crippen molar-refractivity contribution in [3.63, 3.8) is 0 Å². The number of nitrogens with zero attached hydrogens (tertiary/aromatic N) is 1. The smallest absolute Gasteiger partial charge is 0.382 e. The van der Waals surface area contributed by atoms with Crippen LogP contribution in [0.2, 0.25) is 0 Å². The summed E-state index contributed by atoms with van der Waals surface area (Å²) in [4.78, 5) is 12.9. The van der Waals surface area contributed by atoms with E-state index in [2.05, 4.69) is 21.2 Å². The van der Waals surface area contributed by atoms with E-state index >= 15 is 0 Å². The Labute approximate surface area is 251 Å². The first-order chi connectivity index (χ1) is 20.0. The van der Waals surface area contributed by atoms with Gasteiger partial charge in [-0.2, -0.15) is 18.4 Å². The quantitative estimate of drug-likeness (QED) is 0.188. The third kappa shape index (κ3) is 7.37. The molecule has 3 rings (SSSR count). The number of alkyl halides is 5. The Bertz CT molecular complexity index is 1450. The molecule has 3 aromatic rings. The molecule has 43 heavy (non-hydrogen) atoms. The van der Waals surface area contributed by atoms with Crippen LogP contribution in [0, 0.1) is 34.8 Å². The van der Waals surface area contributed by atoms with Crippen molar-refractivity contribution in [1.29, 1.82) is 5.26 Å². The molecule has 0 radical (unpaired) electrons. The summed E-state index contributed by atoms with van der Waals surface area (Å²) in [5.41, 5.74) is 3.15. The summed E-state index contributed by atoms with van der Waals surface area (Å²) >= 11 is 2.94. The van der Waals surface area contributed by atoms with Crippen molar-refractivity contribution in [2.45, 2.75) is 50.6 Å². The van der Waals surface area contributed by atoms with Crippen molar-refractivity contribution in [2.75, 3.05) is 0 Å². The van der Waals surface area contributed by atoms with Crippen molar-refractivity contribution in [3.8, 4) is 17.2 Å². The van der Waals surface area contributed by atoms with Gasteiger partial charge in [-0.3, -0.25) is 10.1 Å². The number of benzene rings is 3. The minimum absolute atomic E-state index is 0.0388. The minimum Gasteiger partial charge on any atom is -0.382 e. The lowest BCUT2D eigenvalue weighted by Crippen LogP contribution is -2.66. The number of nitrogens with two attached hydrogens (primary N) is 1. The van der Waals surface area contributed by atoms with Gasteiger partial charge in [0, 0.05) is 10.0 Å². The Kier molecular flexibility index (Phi) is 10.6. The summed E-state index contributed by atoms with van der Waals surface area (Å²) in [6, 6.07) is 11.4. The summed E-state index contributed by atoms with van der Waals surface area (Å²) in [5.74, 6) is -6.20. The summed E-state index contributed by atoms with van der Waals surface area (Å²) in [5, 5.41) is 21.8. The average molecular weight is 674 g/mol. The Morgan fingerprint density at radius 1 is 0.977 bits per heavy atom. The van der Waals surface area contributed by atoms with E-state index in [1.165, 1.54) is 50.2 Å². The van der Waals surface area contributed by atoms with Gasteiger partial charge in [0.05, 0.1) is 12.0 Å². The van der Waals surface area contributed by atoms with Crippen LogP contribution in [-0.2, 0) is 11.2 Å². The molecule has 13 heteroatoms. The van der Waals surface area contributed by atoms with Crippen LogP contribution in [0.1, 0.15) is 42.7 Å². The van der Waals surface area contributed by atoms with Gasteiger partial charge in [0.15, 0.2) is 0 Å². The molecule has 0 spiro atoms. The van der Waals surface area contributed by atoms with Gasteiger partial charge >= 0.3 is 6.18 Å². The van der Waals surface area contributed by atoms with Gasteiger partial charge in [-0.25, -0.2) is 17.6 Å². The van der Waals surface area contributed by atoms with Gasteiger partial charge < -0.3 is 10.8 Å². The van der Waals surface area contributed by atoms with Gasteiger partial charge in [-0.05, 0) is 46.7 Å². The minimum atomic E-state index is -5.02. The third-order valence-corrected chi connectivity index (χ3v) is 7.77. The zero-order valence-corrected chi connectivity index (χ0v) is 24.4. The maximum Gasteiger partial charge on any atom is 0.407 e. The molecule has 0 fully saturated rings. The molecule has 0 aliphatic carbocycles. The van der Waals surface area contributed by atoms with E-state index in [0.717, 1.165) is 24.3 Å². The second-order valence-electron chi connectivity index (χ2n) is 10.3. The van der Waals surface area contributed by atoms with E-state index in [-0.39, 0.29) is 15.6 Å². The van der Waals surface area contributed by atoms with E-state index in [1.807, 2.05) is 0 Å². The third-order valence-electron chi connectivity index (χ3n) is 7.32. The van der Waals surface area contributed by atoms with Gasteiger partial charge in [0.1, 0.15) is 29.3 Å². The molecule has 0 aliphatic rings. The molecule has 1 amide bonds. The fourth-order valence-corrected chi connectivity index (χ4v) is 5.36. The monoisotopic (exact) mass is 673 g/mol. The van der Waals surface area contributed by atoms with E-state index in [9.17, 15) is 45.9 Å². The Hall–Kier alpha value is -3.47. The SMILES string of the molecule is CC(C)C(N[C@@H](c1ccc(-c2ccc([C@@H](O)C(F)F)cc2)cc1)C(F)(F)F)(C(N)=O)[C@@H](C#N)Cc1c(F)cc(Br)cc1F. The van der Waals surface area contributed by atoms with Gasteiger partial charge in [-0.15, -0.1) is 0 Å². The van der Waals surface area contributed by atoms with Crippen LogP contribution in [0.15, 0.2) is 65.1 Å². The average Bonchev–Trinajstić information content (AvgIpc) is 2.92. The second-order valence-corrected chi connectivity index (χ2v) is 11.2. The van der Waals surface area contributed by atoms with Crippen molar-refractivity contribution in [2.24, 2.45) is 17.6 Å². The number of hydrogen-bond acceptors (Lipinski definition) is 4. The van der Waals surface area contributed by atoms with Gasteiger partial charge in [-0.1, -0.05) is 78.3 Å². The van der Waals surface area contributed by atoms with Crippen LogP contribution >= 0.6 is 15.9 Å². The van der Waals surface area contributed by atoms with E-state index in [1.54, 1.807) is 6.07 Å². The van der Waals surface area contributed by atoms with Crippen LogP contribution in [-0.4, -0.2) is 29.2 Å². The largest absolute Gasteiger partial charge is 0.407 e. The fraction of sp³-hybridized carbons (Fsp3) is 0.333. The van der Waals surface area contributed by atoms with Crippen LogP contribution in [0.3, 0.4) is 0 Å². The lowest BCUT2D eigenvalue weighted by molar-refractivity contribution is -0.168. The first kappa shape index (κ1) is 34.0. The molecule has 230 valence electrons. The fourth-order valence-electron chi connectivity index (χ4n) is 4.96. The number of aliphatic hydroxyl groups is 1. The number of carbonyl (C=O) groups is 1. The van der Waals surface area contributed by atoms with Gasteiger partial charge in [0.25, 0.3) is 6.43 Å². The number of nitriles is 1. The molecule has 4 atom stereocenters. The van der Waals surface area contributed by atoms with E-state index in [0.29, 0.717) is 11.1 Å². The zero-order chi connectivity index (χ0) is 32.3. The molecule has 0 aliphatic heterocycles. The number of aliphatic hydroxyl groups excluding tert-OH is 1. The predicted octanol–water partition coefficient (Wildman–Crippen LogP) is 7.15. The van der Waals surface area contributed by atoms with Crippen molar-refractivity contribution >= 4 is 21.8 Å². The number of amides is 1. The predicted molar refractivity (Wildman–Crippen MR) is 148 cm³/mol. The lowest BCUT2D eigenvalue weighted by Gasteiger charge is -2.42. The summed E-state index contributed by atoms with van der Waals surface area (Å²) in [7, 11) is 0. The van der Waals surface area contributed by atoms with Crippen molar-refractivity contribution in [3.05, 3.63) is 93.5 Å². The molecule has 3 aromatic carbocycles. The molecule has 4 N–H and O–H groups in total. The van der Waals surface area contributed by atoms with Crippen molar-refractivity contribution < 1.29 is 40.6 Å². The summed E-state index contributed by atoms with van der Waals surface area (Å²) in [6.07, 6.45) is -10.8. The molecule has 0 aromatic heterocycles. The highest BCUT2D eigenvalue weighted by molar-refractivity contribution is 9.10. The maximum atomic E-state index is 14.6. The van der Waals surface area contributed by atoms with Gasteiger partial charge in [0.2, 0.25) is 5.91 Å². The molecule has 0 heterocycles. The summed E-state index contributed by atoms with van der Waals surface area (Å²) < 4.78 is 98.5. The summed E-state index contributed by atoms with van der Waals surface area (Å²) in [6.45, 7) is 2.73. The highest BCUT2D eigenvalue weighted by Crippen LogP contribution is 2.40. The van der Waals surface area contributed by atoms with Crippen LogP contribution in [0.5, 0.6) is 0 Å². The maximum absolute atomic E-state index is 14.6. The highest BCUT2D eigenvalue weighted by atomic mass is 79.9. The zero-order valence-electron chi connectivity index (χ0n) is 22.8. The number of rotatable bonds is 11. The van der Waals surface area contributed by atoms with Crippen LogP contribution in [0.4, 0.5) is 30.7 Å². The molecular formula is C30H27BrF7N3O2. The number of nitrogens with one attached hydrogen (secondary N) is 1. The standard InChI is InChI=1S/C30H27BrF7N3O2/c1-15(2)29(28(40)43,20(14-39)11-22-23(32)12-21(31)13-24(22)33)41-26(30(36,37)38)19-9-5-17(6-10-19)16-3-7-18(8-4-16)25(42)27(34)35/h3-10,12-13,15,20,25-27,41-42H,11H2,1-2H3,(H2,40,43)/t20-,25-,26+,29?/m1/s1. The number of primary amides is 1. The number of hydrogen-bond donors (Lipinski definition) is 3. The van der Waals surface area contributed by atoms with Crippen LogP contribution < -0.4 is 11.1 Å². The Morgan fingerprint density at radius 3 is 1.81 bits per heavy atom. The second kappa shape index (κ2) is 13.4. The number of halogens is 8. The van der Waals surface area contributed by atoms with E-state index < -0.39 is 71.6 Å². The first-order valence-corrected chi connectivity index (χ1v) is 13.7. The van der Waals surface area contributed by atoms with Crippen LogP contribution in [0.25, 0.3) is 11.1 Å². The Balaban J connectivity index is 2.03. The van der Waals surface area contributed by atoms with E-state index in [4.69, 9.17) is 5.73 Å². The molecule has 5 nitrogen and oxygen atoms in total. The highest BCUT2D eigenvalue weighted by Gasteiger charge is 2.54. The number of carbonyl (C=O) groups excluding carboxylic acids is 1. The lowest BCUT2D eigenvalue weighted by atomic mass is 9.71. The Morgan fingerprint density at radius 2 is 1.44 bits per heavy atom. The molecular weight excluding hydrogens is 647 g/mol. The normalized spacial score (nSPS) is 15.5. The van der Waals surface area contributed by atoms with Crippen molar-refractivity contribution in [1.82, 2.24) is 5.32 Å². The first-order valence-electron chi connectivity index (χ1n) is 12.9. The molecule has 0 bridgehead atoms. The topological polar surface area (TPSA) is 99.1 Å². The molecule has 0 saturated heterocycles. The molecule has 0 saturated carbocycles. The molecule has 1 unspecified atom stereocenters.